The minimum Gasteiger partial charge on any atom is -0.759 e. The van der Waals surface area contributed by atoms with E-state index in [0.717, 1.165) is 0 Å². The van der Waals surface area contributed by atoms with Gasteiger partial charge in [0.1, 0.15) is 0 Å². The van der Waals surface area contributed by atoms with Gasteiger partial charge in [-0.2, -0.15) is 0 Å². The molecule has 0 aliphatic rings. The Balaban J connectivity index is -0.00000000364. The van der Waals surface area contributed by atoms with Crippen molar-refractivity contribution in [3.8, 4) is 0 Å². The van der Waals surface area contributed by atoms with Crippen LogP contribution in [0.2, 0.25) is 0 Å². The van der Waals surface area contributed by atoms with Crippen LogP contribution in [-0.4, -0.2) is 73.4 Å². The van der Waals surface area contributed by atoms with Gasteiger partial charge in [0.05, 0.1) is 0 Å². The summed E-state index contributed by atoms with van der Waals surface area (Å²) in [4.78, 5) is 0. The molecule has 0 aliphatic heterocycles. The van der Waals surface area contributed by atoms with E-state index in [-0.39, 0.29) is 141 Å². The molecule has 0 aromatic carbocycles. The van der Waals surface area contributed by atoms with E-state index >= 15 is 0 Å². The minimum atomic E-state index is -5.17. The Bertz CT molecular complexity index is 223. The molecule has 0 unspecified atom stereocenters. The first-order valence-corrected chi connectivity index (χ1v) is 4.00. The van der Waals surface area contributed by atoms with E-state index in [9.17, 15) is 0 Å². The van der Waals surface area contributed by atoms with E-state index in [4.69, 9.17) is 35.0 Å². The molecule has 0 saturated carbocycles. The summed E-state index contributed by atoms with van der Waals surface area (Å²) in [6.45, 7) is 0. The molecule has 0 radical (unpaired) electrons. The van der Waals surface area contributed by atoms with Crippen LogP contribution < -0.4 is 51.4 Å². The fourth-order valence-electron chi connectivity index (χ4n) is 0. The fraction of sp³-hybridized carbons (Fsp3) is 0. The Morgan fingerprint density at radius 3 is 0.429 bits per heavy atom. The first-order valence-electron chi connectivity index (χ1n) is 1.33. The molecule has 0 amide bonds. The topological polar surface area (TPSA) is 381 Å². The van der Waals surface area contributed by atoms with Gasteiger partial charge in [-0.1, -0.05) is 0 Å². The van der Waals surface area contributed by atoms with Crippen LogP contribution >= 0.6 is 0 Å². The van der Waals surface area contributed by atoms with Crippen molar-refractivity contribution in [2.24, 2.45) is 0 Å². The van der Waals surface area contributed by atoms with Crippen LogP contribution in [-0.2, 0) is 72.0 Å². The predicted molar refractivity (Wildman–Crippen MR) is 46.2 cm³/mol. The van der Waals surface area contributed by atoms with Crippen molar-refractivity contribution < 1.29 is 176 Å². The standard InChI is InChI=1S/3Fe.K.2H2O4S.7H2O/c;;;;2*1-5(2,3)4;;;;;;;/h;;;;2*(H2,1,2,3,4);7*1H2/q;;;+1;;;;;;;;;/p-4. The van der Waals surface area contributed by atoms with E-state index in [1.165, 1.54) is 0 Å². The normalized spacial score (nSPS) is 5.52. The SMILES string of the molecule is O.O.O.O.O.O.O.O=S(=O)([O-])[O-].O=S(=O)([O-])[O-].[Fe].[Fe].[Fe].[K+]. The maximum atomic E-state index is 8.52. The van der Waals surface area contributed by atoms with Gasteiger partial charge >= 0.3 is 51.4 Å². The van der Waals surface area contributed by atoms with Gasteiger partial charge in [0.25, 0.3) is 0 Å². The third-order valence-electron chi connectivity index (χ3n) is 0. The van der Waals surface area contributed by atoms with Crippen molar-refractivity contribution in [3.63, 3.8) is 0 Å². The molecule has 144 valence electrons. The molecular weight excluding hydrogens is 511 g/mol. The minimum absolute atomic E-state index is 0. The van der Waals surface area contributed by atoms with Crippen LogP contribution in [0.25, 0.3) is 0 Å². The Morgan fingerprint density at radius 2 is 0.429 bits per heavy atom. The van der Waals surface area contributed by atoms with Gasteiger partial charge in [0.2, 0.25) is 0 Å². The molecule has 0 saturated heterocycles. The molecule has 15 nitrogen and oxygen atoms in total. The van der Waals surface area contributed by atoms with E-state index in [2.05, 4.69) is 0 Å². The van der Waals surface area contributed by atoms with Crippen LogP contribution in [0.5, 0.6) is 0 Å². The second-order valence-electron chi connectivity index (χ2n) is 0.816. The first-order chi connectivity index (χ1) is 4.00. The van der Waals surface area contributed by atoms with Gasteiger partial charge in [-0.15, -0.1) is 0 Å². The van der Waals surface area contributed by atoms with Crippen LogP contribution in [0.1, 0.15) is 0 Å². The van der Waals surface area contributed by atoms with Gasteiger partial charge in [-0.3, -0.25) is 16.8 Å². The number of hydrogen-bond donors (Lipinski definition) is 0. The monoisotopic (exact) mass is 525 g/mol. The molecule has 14 N–H and O–H groups in total. The van der Waals surface area contributed by atoms with Crippen molar-refractivity contribution >= 4 is 20.8 Å². The van der Waals surface area contributed by atoms with Gasteiger partial charge in [0.15, 0.2) is 0 Å². The second kappa shape index (κ2) is 49.5. The average Bonchev–Trinajstić information content (AvgIpc) is 1.12. The smallest absolute Gasteiger partial charge is 0.759 e. The average molecular weight is 525 g/mol. The fourth-order valence-corrected chi connectivity index (χ4v) is 0. The predicted octanol–water partition coefficient (Wildman–Crippen LogP) is -11.5. The van der Waals surface area contributed by atoms with E-state index in [1.807, 2.05) is 0 Å². The molecule has 0 spiro atoms. The molecule has 0 heterocycles. The van der Waals surface area contributed by atoms with Crippen LogP contribution in [0.15, 0.2) is 0 Å². The summed E-state index contributed by atoms with van der Waals surface area (Å²) in [6, 6.07) is 0. The Hall–Kier alpha value is 2.65. The summed E-state index contributed by atoms with van der Waals surface area (Å²) in [5, 5.41) is 0. The molecule has 0 aliphatic carbocycles. The summed E-state index contributed by atoms with van der Waals surface area (Å²) in [6.07, 6.45) is 0. The van der Waals surface area contributed by atoms with Crippen LogP contribution in [0.4, 0.5) is 0 Å². The molecule has 0 bridgehead atoms. The maximum absolute atomic E-state index is 8.52. The zero-order chi connectivity index (χ0) is 9.00. The van der Waals surface area contributed by atoms with E-state index < -0.39 is 20.8 Å². The Morgan fingerprint density at radius 1 is 0.429 bits per heavy atom. The largest absolute Gasteiger partial charge is 1.00 e. The summed E-state index contributed by atoms with van der Waals surface area (Å²) >= 11 is 0. The van der Waals surface area contributed by atoms with Crippen molar-refractivity contribution in [3.05, 3.63) is 0 Å². The summed E-state index contributed by atoms with van der Waals surface area (Å²) < 4.78 is 68.2. The molecule has 0 rings (SSSR count). The van der Waals surface area contributed by atoms with Gasteiger partial charge in [0, 0.05) is 72.0 Å². The maximum Gasteiger partial charge on any atom is 1.00 e. The van der Waals surface area contributed by atoms with Crippen molar-refractivity contribution in [2.45, 2.75) is 0 Å². The summed E-state index contributed by atoms with van der Waals surface area (Å²) in [5.74, 6) is 0. The first kappa shape index (κ1) is 107. The Labute approximate surface area is 194 Å². The molecular formula is H14Fe3KO15S2-3. The van der Waals surface area contributed by atoms with E-state index in [1.54, 1.807) is 0 Å². The second-order valence-corrected chi connectivity index (χ2v) is 2.45. The third kappa shape index (κ3) is 1370. The zero-order valence-corrected chi connectivity index (χ0v) is 17.7. The summed E-state index contributed by atoms with van der Waals surface area (Å²) in [7, 11) is -10.3. The molecule has 0 aromatic heterocycles. The quantitative estimate of drug-likeness (QED) is 0.166. The zero-order valence-electron chi connectivity index (χ0n) is 9.64. The van der Waals surface area contributed by atoms with Crippen molar-refractivity contribution in [1.82, 2.24) is 0 Å². The Kier molecular flexibility index (Phi) is 252. The van der Waals surface area contributed by atoms with Crippen molar-refractivity contribution in [1.29, 1.82) is 0 Å². The van der Waals surface area contributed by atoms with Gasteiger partial charge in [-0.25, -0.2) is 0 Å². The molecule has 21 heteroatoms. The van der Waals surface area contributed by atoms with Gasteiger partial charge < -0.3 is 56.5 Å². The molecule has 0 fully saturated rings. The van der Waals surface area contributed by atoms with Crippen molar-refractivity contribution in [2.75, 3.05) is 0 Å². The molecule has 21 heavy (non-hydrogen) atoms. The third-order valence-corrected chi connectivity index (χ3v) is 0. The number of rotatable bonds is 0. The van der Waals surface area contributed by atoms with Crippen LogP contribution in [0.3, 0.4) is 0 Å². The van der Waals surface area contributed by atoms with Crippen LogP contribution in [0, 0.1) is 0 Å². The number of hydrogen-bond acceptors (Lipinski definition) is 8. The summed E-state index contributed by atoms with van der Waals surface area (Å²) in [5.41, 5.74) is 0. The molecule has 0 aromatic rings. The van der Waals surface area contributed by atoms with E-state index in [0.29, 0.717) is 0 Å². The van der Waals surface area contributed by atoms with Gasteiger partial charge in [-0.05, 0) is 0 Å². The molecule has 0 atom stereocenters.